The first-order valence-electron chi connectivity index (χ1n) is 4.04. The molecule has 5 heteroatoms. The molecule has 1 aliphatic rings. The number of terminal acetylenes is 1. The zero-order valence-electron chi connectivity index (χ0n) is 7.46. The normalized spacial score (nSPS) is 16.9. The zero-order chi connectivity index (χ0) is 11.1. The van der Waals surface area contributed by atoms with E-state index in [0.29, 0.717) is 0 Å². The smallest absolute Gasteiger partial charge is 0.299 e. The van der Waals surface area contributed by atoms with Gasteiger partial charge in [-0.05, 0) is 18.1 Å². The summed E-state index contributed by atoms with van der Waals surface area (Å²) in [5.74, 6) is -2.83. The molecule has 0 aliphatic carbocycles. The molecule has 1 aliphatic heterocycles. The minimum Gasteiger partial charge on any atom is -0.453 e. The first-order chi connectivity index (χ1) is 7.06. The van der Waals surface area contributed by atoms with Crippen molar-refractivity contribution in [3.05, 3.63) is 23.5 Å². The van der Waals surface area contributed by atoms with Crippen LogP contribution in [-0.4, -0.2) is 11.9 Å². The lowest BCUT2D eigenvalue weighted by atomic mass is 10.1. The van der Waals surface area contributed by atoms with Gasteiger partial charge in [0.1, 0.15) is 0 Å². The highest BCUT2D eigenvalue weighted by Gasteiger charge is 2.33. The summed E-state index contributed by atoms with van der Waals surface area (Å²) in [5.41, 5.74) is -0.658. The second-order valence-corrected chi connectivity index (χ2v) is 2.93. The first kappa shape index (κ1) is 9.74. The second-order valence-electron chi connectivity index (χ2n) is 2.93. The predicted molar refractivity (Wildman–Crippen MR) is 46.4 cm³/mol. The molecule has 0 radical (unpaired) electrons. The van der Waals surface area contributed by atoms with Crippen LogP contribution in [0.3, 0.4) is 0 Å². The molecule has 1 aromatic rings. The number of fused-ring (bicyclic) bond motifs is 1. The number of ether oxygens (including phenoxy) is 2. The summed E-state index contributed by atoms with van der Waals surface area (Å²) in [5, 5.41) is 9.07. The fourth-order valence-corrected chi connectivity index (χ4v) is 1.27. The molecule has 0 amide bonds. The van der Waals surface area contributed by atoms with Crippen LogP contribution in [0.25, 0.3) is 0 Å². The highest BCUT2D eigenvalue weighted by molar-refractivity contribution is 5.48. The molecule has 0 bridgehead atoms. The van der Waals surface area contributed by atoms with Gasteiger partial charge in [-0.3, -0.25) is 0 Å². The van der Waals surface area contributed by atoms with Gasteiger partial charge in [0, 0.05) is 0 Å². The standard InChI is InChI=1S/C10H6F2O3/c1-2-10(12,13)6-3-4-7-9(8(6)11)15-5-14-7/h1,3-4,13H,5H2. The SMILES string of the molecule is C#CC(O)(F)c1ccc2c(c1F)OCO2. The quantitative estimate of drug-likeness (QED) is 0.713. The minimum atomic E-state index is -3.15. The van der Waals surface area contributed by atoms with Gasteiger partial charge in [0.15, 0.2) is 11.6 Å². The van der Waals surface area contributed by atoms with Crippen LogP contribution >= 0.6 is 0 Å². The van der Waals surface area contributed by atoms with Gasteiger partial charge < -0.3 is 14.6 Å². The zero-order valence-corrected chi connectivity index (χ0v) is 7.46. The van der Waals surface area contributed by atoms with Gasteiger partial charge in [-0.1, -0.05) is 0 Å². The van der Waals surface area contributed by atoms with Gasteiger partial charge >= 0.3 is 0 Å². The van der Waals surface area contributed by atoms with Crippen molar-refractivity contribution in [3.8, 4) is 23.8 Å². The average Bonchev–Trinajstić information content (AvgIpc) is 2.66. The third kappa shape index (κ3) is 1.39. The van der Waals surface area contributed by atoms with Crippen molar-refractivity contribution in [2.24, 2.45) is 0 Å². The van der Waals surface area contributed by atoms with Crippen molar-refractivity contribution in [2.75, 3.05) is 6.79 Å². The molecule has 0 saturated carbocycles. The fraction of sp³-hybridized carbons (Fsp3) is 0.200. The van der Waals surface area contributed by atoms with Crippen LogP contribution in [0, 0.1) is 18.2 Å². The molecule has 0 fully saturated rings. The van der Waals surface area contributed by atoms with E-state index in [-0.39, 0.29) is 18.3 Å². The number of benzene rings is 1. The molecule has 1 aromatic carbocycles. The van der Waals surface area contributed by atoms with E-state index in [1.807, 2.05) is 0 Å². The molecular weight excluding hydrogens is 206 g/mol. The highest BCUT2D eigenvalue weighted by atomic mass is 19.2. The second kappa shape index (κ2) is 3.11. The summed E-state index contributed by atoms with van der Waals surface area (Å²) in [7, 11) is 0. The molecule has 78 valence electrons. The van der Waals surface area contributed by atoms with Crippen LogP contribution in [0.1, 0.15) is 5.56 Å². The van der Waals surface area contributed by atoms with Gasteiger partial charge in [0.05, 0.1) is 5.56 Å². The van der Waals surface area contributed by atoms with Crippen LogP contribution in [0.15, 0.2) is 12.1 Å². The van der Waals surface area contributed by atoms with E-state index in [1.165, 1.54) is 12.0 Å². The number of hydrogen-bond donors (Lipinski definition) is 1. The van der Waals surface area contributed by atoms with Gasteiger partial charge in [0.2, 0.25) is 12.5 Å². The lowest BCUT2D eigenvalue weighted by Crippen LogP contribution is -2.18. The van der Waals surface area contributed by atoms with Crippen molar-refractivity contribution < 1.29 is 23.4 Å². The Labute approximate surface area is 84.2 Å². The van der Waals surface area contributed by atoms with E-state index in [2.05, 4.69) is 0 Å². The van der Waals surface area contributed by atoms with E-state index < -0.39 is 17.2 Å². The Morgan fingerprint density at radius 2 is 2.20 bits per heavy atom. The molecule has 3 nitrogen and oxygen atoms in total. The summed E-state index contributed by atoms with van der Waals surface area (Å²) in [6.45, 7) is -0.142. The molecule has 0 spiro atoms. The Morgan fingerprint density at radius 3 is 2.87 bits per heavy atom. The Balaban J connectivity index is 2.58. The van der Waals surface area contributed by atoms with Crippen molar-refractivity contribution in [2.45, 2.75) is 5.85 Å². The topological polar surface area (TPSA) is 38.7 Å². The molecule has 2 rings (SSSR count). The number of halogens is 2. The number of aliphatic hydroxyl groups is 1. The first-order valence-corrected chi connectivity index (χ1v) is 4.04. The Kier molecular flexibility index (Phi) is 2.02. The van der Waals surface area contributed by atoms with Crippen LogP contribution in [0.5, 0.6) is 11.5 Å². The Hall–Kier alpha value is -1.80. The number of rotatable bonds is 1. The predicted octanol–water partition coefficient (Wildman–Crippen LogP) is 1.30. The summed E-state index contributed by atoms with van der Waals surface area (Å²) in [6, 6.07) is 2.30. The molecule has 1 N–H and O–H groups in total. The summed E-state index contributed by atoms with van der Waals surface area (Å²) in [4.78, 5) is 0. The molecule has 15 heavy (non-hydrogen) atoms. The lowest BCUT2D eigenvalue weighted by molar-refractivity contribution is -0.0396. The molecule has 0 saturated heterocycles. The van der Waals surface area contributed by atoms with Gasteiger partial charge in [-0.2, -0.15) is 4.39 Å². The maximum atomic E-state index is 13.6. The monoisotopic (exact) mass is 212 g/mol. The van der Waals surface area contributed by atoms with Crippen LogP contribution in [0.4, 0.5) is 8.78 Å². The minimum absolute atomic E-state index is 0.142. The molecule has 1 unspecified atom stereocenters. The lowest BCUT2D eigenvalue weighted by Gasteiger charge is -2.13. The largest absolute Gasteiger partial charge is 0.453 e. The van der Waals surface area contributed by atoms with Crippen molar-refractivity contribution in [1.82, 2.24) is 0 Å². The average molecular weight is 212 g/mol. The van der Waals surface area contributed by atoms with Crippen LogP contribution < -0.4 is 9.47 Å². The third-order valence-electron chi connectivity index (χ3n) is 2.03. The summed E-state index contributed by atoms with van der Waals surface area (Å²) >= 11 is 0. The fourth-order valence-electron chi connectivity index (χ4n) is 1.27. The molecule has 1 heterocycles. The Bertz CT molecular complexity index is 449. The summed E-state index contributed by atoms with van der Waals surface area (Å²) in [6.07, 6.45) is 4.74. The Morgan fingerprint density at radius 1 is 1.47 bits per heavy atom. The van der Waals surface area contributed by atoms with Gasteiger partial charge in [-0.15, -0.1) is 6.42 Å². The van der Waals surface area contributed by atoms with E-state index in [1.54, 1.807) is 0 Å². The highest BCUT2D eigenvalue weighted by Crippen LogP contribution is 2.39. The van der Waals surface area contributed by atoms with Crippen molar-refractivity contribution in [1.29, 1.82) is 0 Å². The molecule has 1 atom stereocenters. The third-order valence-corrected chi connectivity index (χ3v) is 2.03. The van der Waals surface area contributed by atoms with Crippen molar-refractivity contribution >= 4 is 0 Å². The van der Waals surface area contributed by atoms with E-state index in [9.17, 15) is 8.78 Å². The maximum absolute atomic E-state index is 13.6. The van der Waals surface area contributed by atoms with Crippen LogP contribution in [-0.2, 0) is 5.85 Å². The van der Waals surface area contributed by atoms with E-state index in [0.717, 1.165) is 6.07 Å². The van der Waals surface area contributed by atoms with Gasteiger partial charge in [-0.25, -0.2) is 4.39 Å². The summed E-state index contributed by atoms with van der Waals surface area (Å²) < 4.78 is 36.4. The molecule has 0 aromatic heterocycles. The van der Waals surface area contributed by atoms with E-state index >= 15 is 0 Å². The number of alkyl halides is 1. The van der Waals surface area contributed by atoms with Gasteiger partial charge in [0.25, 0.3) is 5.85 Å². The van der Waals surface area contributed by atoms with Crippen LogP contribution in [0.2, 0.25) is 0 Å². The molecular formula is C10H6F2O3. The number of hydrogen-bond acceptors (Lipinski definition) is 3. The maximum Gasteiger partial charge on any atom is 0.299 e. The van der Waals surface area contributed by atoms with E-state index in [4.69, 9.17) is 21.0 Å². The van der Waals surface area contributed by atoms with Crippen molar-refractivity contribution in [3.63, 3.8) is 0 Å².